The fourth-order valence-corrected chi connectivity index (χ4v) is 3.23. The van der Waals surface area contributed by atoms with Crippen molar-refractivity contribution < 1.29 is 23.4 Å². The molecule has 1 atom stereocenters. The van der Waals surface area contributed by atoms with Crippen LogP contribution in [-0.4, -0.2) is 40.2 Å². The van der Waals surface area contributed by atoms with Crippen LogP contribution in [0.2, 0.25) is 0 Å². The zero-order chi connectivity index (χ0) is 19.6. The molecular weight excluding hydrogens is 356 g/mol. The number of aromatic nitrogens is 2. The van der Waals surface area contributed by atoms with E-state index in [4.69, 9.17) is 9.84 Å². The minimum atomic E-state index is -0.904. The minimum Gasteiger partial charge on any atom is -0.481 e. The van der Waals surface area contributed by atoms with E-state index >= 15 is 0 Å². The largest absolute Gasteiger partial charge is 0.481 e. The molecular formula is C19H21F2N3O3. The van der Waals surface area contributed by atoms with Crippen LogP contribution in [0.5, 0.6) is 5.88 Å². The maximum atomic E-state index is 14.7. The number of nitrogens with zero attached hydrogens (tertiary/aromatic N) is 3. The SMILES string of the molecule is CC(C)Oc1ccnc(-c2cc(F)c(N3CCC(CC(=O)O)C3)c(F)c2)n1. The highest BCUT2D eigenvalue weighted by Gasteiger charge is 2.28. The van der Waals surface area contributed by atoms with Crippen molar-refractivity contribution in [3.63, 3.8) is 0 Å². The number of hydrogen-bond donors (Lipinski definition) is 1. The fraction of sp³-hybridized carbons (Fsp3) is 0.421. The number of benzene rings is 1. The van der Waals surface area contributed by atoms with Gasteiger partial charge >= 0.3 is 5.97 Å². The van der Waals surface area contributed by atoms with Gasteiger partial charge in [-0.3, -0.25) is 4.79 Å². The molecule has 0 aliphatic carbocycles. The number of ether oxygens (including phenoxy) is 1. The van der Waals surface area contributed by atoms with E-state index in [9.17, 15) is 13.6 Å². The summed E-state index contributed by atoms with van der Waals surface area (Å²) in [7, 11) is 0. The first-order valence-corrected chi connectivity index (χ1v) is 8.79. The number of anilines is 1. The summed E-state index contributed by atoms with van der Waals surface area (Å²) in [6, 6.07) is 3.96. The first-order chi connectivity index (χ1) is 12.8. The molecule has 144 valence electrons. The average Bonchev–Trinajstić information content (AvgIpc) is 3.01. The van der Waals surface area contributed by atoms with Gasteiger partial charge < -0.3 is 14.7 Å². The molecule has 1 fully saturated rings. The van der Waals surface area contributed by atoms with Gasteiger partial charge in [-0.25, -0.2) is 13.8 Å². The quantitative estimate of drug-likeness (QED) is 0.830. The van der Waals surface area contributed by atoms with Crippen molar-refractivity contribution in [1.29, 1.82) is 0 Å². The molecule has 2 heterocycles. The fourth-order valence-electron chi connectivity index (χ4n) is 3.23. The number of carbonyl (C=O) groups is 1. The first kappa shape index (κ1) is 19.0. The molecule has 8 heteroatoms. The molecule has 27 heavy (non-hydrogen) atoms. The third-order valence-electron chi connectivity index (χ3n) is 4.33. The molecule has 1 aliphatic heterocycles. The molecule has 6 nitrogen and oxygen atoms in total. The predicted molar refractivity (Wildman–Crippen MR) is 95.7 cm³/mol. The minimum absolute atomic E-state index is 0.00565. The van der Waals surface area contributed by atoms with Crippen LogP contribution in [0, 0.1) is 17.6 Å². The molecule has 1 N–H and O–H groups in total. The van der Waals surface area contributed by atoms with Gasteiger partial charge in [-0.05, 0) is 38.3 Å². The van der Waals surface area contributed by atoms with Crippen LogP contribution in [0.1, 0.15) is 26.7 Å². The van der Waals surface area contributed by atoms with Gasteiger partial charge in [0.15, 0.2) is 5.82 Å². The van der Waals surface area contributed by atoms with Crippen molar-refractivity contribution in [2.45, 2.75) is 32.8 Å². The van der Waals surface area contributed by atoms with Crippen molar-refractivity contribution in [3.8, 4) is 17.3 Å². The summed E-state index contributed by atoms with van der Waals surface area (Å²) in [6.07, 6.45) is 1.97. The van der Waals surface area contributed by atoms with Gasteiger partial charge in [-0.2, -0.15) is 4.98 Å². The Labute approximate surface area is 155 Å². The van der Waals surface area contributed by atoms with Crippen molar-refractivity contribution in [3.05, 3.63) is 36.0 Å². The molecule has 0 saturated carbocycles. The van der Waals surface area contributed by atoms with E-state index in [1.165, 1.54) is 18.3 Å². The normalized spacial score (nSPS) is 16.8. The van der Waals surface area contributed by atoms with E-state index in [1.54, 1.807) is 11.0 Å². The van der Waals surface area contributed by atoms with Crippen molar-refractivity contribution in [2.24, 2.45) is 5.92 Å². The van der Waals surface area contributed by atoms with Gasteiger partial charge in [0, 0.05) is 37.3 Å². The van der Waals surface area contributed by atoms with Gasteiger partial charge in [0.25, 0.3) is 0 Å². The molecule has 0 bridgehead atoms. The number of aliphatic carboxylic acids is 1. The number of carboxylic acid groups (broad SMARTS) is 1. The molecule has 1 aliphatic rings. The number of halogens is 2. The Kier molecular flexibility index (Phi) is 5.53. The lowest BCUT2D eigenvalue weighted by molar-refractivity contribution is -0.137. The van der Waals surface area contributed by atoms with Crippen LogP contribution in [-0.2, 0) is 4.79 Å². The Morgan fingerprint density at radius 2 is 2.07 bits per heavy atom. The van der Waals surface area contributed by atoms with Crippen LogP contribution in [0.4, 0.5) is 14.5 Å². The molecule has 0 spiro atoms. The molecule has 1 aromatic heterocycles. The first-order valence-electron chi connectivity index (χ1n) is 8.79. The Bertz CT molecular complexity index is 822. The zero-order valence-corrected chi connectivity index (χ0v) is 15.2. The topological polar surface area (TPSA) is 75.5 Å². The lowest BCUT2D eigenvalue weighted by Gasteiger charge is -2.20. The second-order valence-electron chi connectivity index (χ2n) is 6.87. The molecule has 3 rings (SSSR count). The monoisotopic (exact) mass is 377 g/mol. The van der Waals surface area contributed by atoms with Crippen LogP contribution in [0.15, 0.2) is 24.4 Å². The third-order valence-corrected chi connectivity index (χ3v) is 4.33. The maximum absolute atomic E-state index is 14.7. The van der Waals surface area contributed by atoms with E-state index in [0.717, 1.165) is 0 Å². The van der Waals surface area contributed by atoms with E-state index in [2.05, 4.69) is 9.97 Å². The molecule has 1 unspecified atom stereocenters. The summed E-state index contributed by atoms with van der Waals surface area (Å²) in [4.78, 5) is 20.7. The smallest absolute Gasteiger partial charge is 0.303 e. The summed E-state index contributed by atoms with van der Waals surface area (Å²) >= 11 is 0. The Morgan fingerprint density at radius 3 is 2.70 bits per heavy atom. The predicted octanol–water partition coefficient (Wildman–Crippen LogP) is 3.51. The Hall–Kier alpha value is -2.77. The summed E-state index contributed by atoms with van der Waals surface area (Å²) in [5.74, 6) is -1.97. The van der Waals surface area contributed by atoms with E-state index < -0.39 is 17.6 Å². The third kappa shape index (κ3) is 4.50. The van der Waals surface area contributed by atoms with Crippen LogP contribution in [0.3, 0.4) is 0 Å². The van der Waals surface area contributed by atoms with Crippen molar-refractivity contribution >= 4 is 11.7 Å². The van der Waals surface area contributed by atoms with Gasteiger partial charge in [0.2, 0.25) is 5.88 Å². The maximum Gasteiger partial charge on any atom is 0.303 e. The van der Waals surface area contributed by atoms with Gasteiger partial charge in [-0.1, -0.05) is 0 Å². The van der Waals surface area contributed by atoms with Crippen LogP contribution >= 0.6 is 0 Å². The van der Waals surface area contributed by atoms with Gasteiger partial charge in [-0.15, -0.1) is 0 Å². The average molecular weight is 377 g/mol. The van der Waals surface area contributed by atoms with Gasteiger partial charge in [0.1, 0.15) is 17.3 Å². The highest BCUT2D eigenvalue weighted by atomic mass is 19.1. The van der Waals surface area contributed by atoms with Crippen LogP contribution < -0.4 is 9.64 Å². The summed E-state index contributed by atoms with van der Waals surface area (Å²) in [5, 5.41) is 8.89. The second kappa shape index (κ2) is 7.85. The molecule has 0 radical (unpaired) electrons. The molecule has 0 amide bonds. The van der Waals surface area contributed by atoms with Gasteiger partial charge in [0.05, 0.1) is 6.10 Å². The lowest BCUT2D eigenvalue weighted by Crippen LogP contribution is -2.23. The highest BCUT2D eigenvalue weighted by molar-refractivity contribution is 5.67. The number of hydrogen-bond acceptors (Lipinski definition) is 5. The Morgan fingerprint density at radius 1 is 1.37 bits per heavy atom. The van der Waals surface area contributed by atoms with E-state index in [1.807, 2.05) is 13.8 Å². The zero-order valence-electron chi connectivity index (χ0n) is 15.2. The van der Waals surface area contributed by atoms with E-state index in [0.29, 0.717) is 25.4 Å². The lowest BCUT2D eigenvalue weighted by atomic mass is 10.1. The van der Waals surface area contributed by atoms with Crippen LogP contribution in [0.25, 0.3) is 11.4 Å². The van der Waals surface area contributed by atoms with Crippen molar-refractivity contribution in [1.82, 2.24) is 9.97 Å². The molecule has 1 saturated heterocycles. The Balaban J connectivity index is 1.85. The second-order valence-corrected chi connectivity index (χ2v) is 6.87. The number of rotatable bonds is 6. The summed E-state index contributed by atoms with van der Waals surface area (Å²) < 4.78 is 34.8. The summed E-state index contributed by atoms with van der Waals surface area (Å²) in [6.45, 7) is 4.43. The molecule has 2 aromatic rings. The summed E-state index contributed by atoms with van der Waals surface area (Å²) in [5.41, 5.74) is 0.0745. The highest BCUT2D eigenvalue weighted by Crippen LogP contribution is 2.33. The van der Waals surface area contributed by atoms with E-state index in [-0.39, 0.29) is 35.5 Å². The standard InChI is InChI=1S/C19H21F2N3O3/c1-11(2)27-16-3-5-22-19(23-16)13-8-14(20)18(15(21)9-13)24-6-4-12(10-24)7-17(25)26/h3,5,8-9,11-12H,4,6-7,10H2,1-2H3,(H,25,26). The van der Waals surface area contributed by atoms with Crippen molar-refractivity contribution in [2.75, 3.05) is 18.0 Å². The molecule has 1 aromatic carbocycles. The number of carboxylic acids is 1.